The van der Waals surface area contributed by atoms with Crippen molar-refractivity contribution < 1.29 is 27.0 Å². The Bertz CT molecular complexity index is 219. The van der Waals surface area contributed by atoms with Crippen LogP contribution < -0.4 is 0 Å². The number of methoxy groups -OCH3 is 2. The second kappa shape index (κ2) is 7.87. The number of aliphatic hydroxyl groups is 1. The van der Waals surface area contributed by atoms with Crippen LogP contribution in [-0.2, 0) is 19.1 Å². The zero-order chi connectivity index (χ0) is 9.56. The fourth-order valence-electron chi connectivity index (χ4n) is 0.466. The van der Waals surface area contributed by atoms with Crippen molar-refractivity contribution in [1.29, 1.82) is 0 Å². The van der Waals surface area contributed by atoms with Crippen LogP contribution in [0.1, 0.15) is 9.27 Å². The molecule has 1 N–H and O–H groups in total. The van der Waals surface area contributed by atoms with Gasteiger partial charge in [0.05, 0.1) is 20.3 Å². The van der Waals surface area contributed by atoms with Crippen LogP contribution in [0.5, 0.6) is 0 Å². The van der Waals surface area contributed by atoms with Crippen LogP contribution in [0, 0.1) is 0 Å². The molecular formula is C7H12MgO5. The number of esters is 2. The van der Waals surface area contributed by atoms with Gasteiger partial charge in [-0.2, -0.15) is 0 Å². The van der Waals surface area contributed by atoms with E-state index in [2.05, 4.69) is 9.47 Å². The van der Waals surface area contributed by atoms with Gasteiger partial charge in [0.25, 0.3) is 0 Å². The van der Waals surface area contributed by atoms with Crippen molar-refractivity contribution in [2.24, 2.45) is 0 Å². The van der Waals surface area contributed by atoms with Gasteiger partial charge in [0, 0.05) is 0 Å². The first kappa shape index (κ1) is 14.8. The van der Waals surface area contributed by atoms with Crippen molar-refractivity contribution in [1.82, 2.24) is 0 Å². The van der Waals surface area contributed by atoms with E-state index in [1.165, 1.54) is 14.2 Å². The number of hydrogen-bond donors (Lipinski definition) is 1. The Morgan fingerprint density at radius 3 is 2.31 bits per heavy atom. The molecule has 13 heavy (non-hydrogen) atoms. The third-order valence-corrected chi connectivity index (χ3v) is 1.04. The molecule has 0 aromatic carbocycles. The van der Waals surface area contributed by atoms with Gasteiger partial charge in [-0.3, -0.25) is 4.79 Å². The molecule has 0 saturated heterocycles. The van der Waals surface area contributed by atoms with Crippen molar-refractivity contribution in [3.05, 3.63) is 11.8 Å². The summed E-state index contributed by atoms with van der Waals surface area (Å²) >= 11 is 0. The molecule has 0 aliphatic heterocycles. The van der Waals surface area contributed by atoms with Gasteiger partial charge in [0.15, 0.2) is 0 Å². The molecule has 6 heteroatoms. The van der Waals surface area contributed by atoms with Crippen molar-refractivity contribution in [3.8, 4) is 0 Å². The van der Waals surface area contributed by atoms with Gasteiger partial charge in [-0.15, -0.1) is 0 Å². The average Bonchev–Trinajstić information content (AvgIpc) is 2.03. The Kier molecular flexibility index (Phi) is 8.93. The Hall–Kier alpha value is -0.754. The fraction of sp³-hybridized carbons (Fsp3) is 0.429. The zero-order valence-corrected chi connectivity index (χ0v) is 8.99. The van der Waals surface area contributed by atoms with E-state index in [1.807, 2.05) is 0 Å². The first-order valence-corrected chi connectivity index (χ1v) is 3.14. The Balaban J connectivity index is -0.000000202. The third-order valence-electron chi connectivity index (χ3n) is 1.04. The Labute approximate surface area is 94.8 Å². The van der Waals surface area contributed by atoms with Crippen molar-refractivity contribution >= 4 is 35.0 Å². The third kappa shape index (κ3) is 7.60. The Morgan fingerprint density at radius 2 is 1.92 bits per heavy atom. The number of hydrogen-bond acceptors (Lipinski definition) is 5. The van der Waals surface area contributed by atoms with Gasteiger partial charge >= 0.3 is 35.0 Å². The molecule has 0 aromatic rings. The van der Waals surface area contributed by atoms with E-state index in [4.69, 9.17) is 5.11 Å². The molecule has 0 saturated carbocycles. The normalized spacial score (nSPS) is 9.85. The van der Waals surface area contributed by atoms with Gasteiger partial charge < -0.3 is 17.4 Å². The molecule has 0 atom stereocenters. The van der Waals surface area contributed by atoms with Crippen LogP contribution in [0.25, 0.3) is 0 Å². The summed E-state index contributed by atoms with van der Waals surface area (Å²) in [5, 5.41) is 8.91. The quantitative estimate of drug-likeness (QED) is 0.301. The molecule has 0 unspecified atom stereocenters. The van der Waals surface area contributed by atoms with Crippen LogP contribution in [0.4, 0.5) is 0 Å². The maximum Gasteiger partial charge on any atom is 2.00 e. The molecule has 0 spiro atoms. The monoisotopic (exact) mass is 200 g/mol. The van der Waals surface area contributed by atoms with E-state index >= 15 is 0 Å². The van der Waals surface area contributed by atoms with Crippen LogP contribution in [0.3, 0.4) is 0 Å². The zero-order valence-electron chi connectivity index (χ0n) is 9.57. The predicted molar refractivity (Wildman–Crippen MR) is 47.3 cm³/mol. The summed E-state index contributed by atoms with van der Waals surface area (Å²) in [7, 11) is 2.36. The summed E-state index contributed by atoms with van der Waals surface area (Å²) in [6.07, 6.45) is 0.489. The summed E-state index contributed by atoms with van der Waals surface area (Å²) < 4.78 is 8.45. The predicted octanol–water partition coefficient (Wildman–Crippen LogP) is 0.00860. The van der Waals surface area contributed by atoms with E-state index in [0.29, 0.717) is 0 Å². The van der Waals surface area contributed by atoms with E-state index in [1.54, 1.807) is 0 Å². The number of aliphatic hydroxyl groups excluding tert-OH is 1. The number of ether oxygens (including phenoxy) is 2. The van der Waals surface area contributed by atoms with Crippen LogP contribution in [-0.4, -0.2) is 54.3 Å². The Morgan fingerprint density at radius 1 is 1.38 bits per heavy atom. The summed E-state index contributed by atoms with van der Waals surface area (Å²) in [5.74, 6) is -1.71. The summed E-state index contributed by atoms with van der Waals surface area (Å²) in [6.45, 7) is 0. The van der Waals surface area contributed by atoms with Crippen LogP contribution in [0.2, 0.25) is 0 Å². The smallest absolute Gasteiger partial charge is 1.00 e. The molecule has 0 bridgehead atoms. The van der Waals surface area contributed by atoms with E-state index in [0.717, 1.165) is 6.08 Å². The topological polar surface area (TPSA) is 72.8 Å². The molecule has 0 heterocycles. The minimum absolute atomic E-state index is 0. The summed E-state index contributed by atoms with van der Waals surface area (Å²) in [6, 6.07) is 0. The van der Waals surface area contributed by atoms with E-state index in [-0.39, 0.29) is 38.1 Å². The molecule has 5 nitrogen and oxygen atoms in total. The minimum atomic E-state index is -0.712. The van der Waals surface area contributed by atoms with Gasteiger partial charge in [-0.05, 0) is 0 Å². The first-order chi connectivity index (χ1) is 5.60. The van der Waals surface area contributed by atoms with Gasteiger partial charge in [0.2, 0.25) is 0 Å². The van der Waals surface area contributed by atoms with Crippen LogP contribution >= 0.6 is 0 Å². The van der Waals surface area contributed by atoms with Crippen molar-refractivity contribution in [3.63, 3.8) is 0 Å². The van der Waals surface area contributed by atoms with Crippen molar-refractivity contribution in [2.45, 2.75) is 6.42 Å². The maximum atomic E-state index is 10.5. The van der Waals surface area contributed by atoms with Crippen molar-refractivity contribution in [2.75, 3.05) is 14.2 Å². The van der Waals surface area contributed by atoms with Gasteiger partial charge in [-0.25, -0.2) is 4.79 Å². The van der Waals surface area contributed by atoms with Gasteiger partial charge in [-0.1, -0.05) is 0 Å². The SMILES string of the molecule is COC(=O)C=C(O)CC(=O)OC.[H-].[H-].[Mg+2]. The standard InChI is InChI=1S/C7H10O5.Mg.2H/c1-11-6(9)3-5(8)4-7(10)12-2;;;/h3,8H,4H2,1-2H3;;;/q;+2;2*-1. The molecule has 0 aliphatic rings. The fourth-order valence-corrected chi connectivity index (χ4v) is 0.466. The molecule has 0 radical (unpaired) electrons. The largest absolute Gasteiger partial charge is 2.00 e. The summed E-state index contributed by atoms with van der Waals surface area (Å²) in [5.41, 5.74) is 0. The second-order valence-corrected chi connectivity index (χ2v) is 1.91. The molecule has 0 amide bonds. The van der Waals surface area contributed by atoms with E-state index in [9.17, 15) is 9.59 Å². The number of carbonyl (C=O) groups excluding carboxylic acids is 2. The molecule has 0 aliphatic carbocycles. The first-order valence-electron chi connectivity index (χ1n) is 3.14. The molecule has 72 valence electrons. The van der Waals surface area contributed by atoms with Crippen LogP contribution in [0.15, 0.2) is 11.8 Å². The minimum Gasteiger partial charge on any atom is -1.00 e. The molecule has 0 fully saturated rings. The maximum absolute atomic E-state index is 10.5. The molecular weight excluding hydrogens is 188 g/mol. The second-order valence-electron chi connectivity index (χ2n) is 1.91. The molecule has 0 aromatic heterocycles. The average molecular weight is 200 g/mol. The molecule has 0 rings (SSSR count). The van der Waals surface area contributed by atoms with E-state index < -0.39 is 11.9 Å². The summed E-state index contributed by atoms with van der Waals surface area (Å²) in [4.78, 5) is 21.0. The number of rotatable bonds is 3. The number of carbonyl (C=O) groups is 2. The van der Waals surface area contributed by atoms with Gasteiger partial charge in [0.1, 0.15) is 12.2 Å².